The van der Waals surface area contributed by atoms with Crippen molar-refractivity contribution in [1.82, 2.24) is 15.1 Å². The summed E-state index contributed by atoms with van der Waals surface area (Å²) in [6, 6.07) is 2.03. The number of amides is 1. The van der Waals surface area contributed by atoms with E-state index in [2.05, 4.69) is 36.5 Å². The van der Waals surface area contributed by atoms with Crippen LogP contribution in [0.1, 0.15) is 52.1 Å². The van der Waals surface area contributed by atoms with Gasteiger partial charge in [-0.1, -0.05) is 33.6 Å². The molecule has 0 spiro atoms. The second-order valence-electron chi connectivity index (χ2n) is 8.57. The second kappa shape index (κ2) is 5.93. The van der Waals surface area contributed by atoms with Crippen LogP contribution in [0.2, 0.25) is 0 Å². The monoisotopic (exact) mass is 318 g/mol. The Labute approximate surface area is 139 Å². The van der Waals surface area contributed by atoms with Crippen LogP contribution in [-0.4, -0.2) is 28.8 Å². The fraction of sp³-hybridized carbons (Fsp3) is 0.778. The zero-order chi connectivity index (χ0) is 16.7. The molecule has 1 amide bonds. The van der Waals surface area contributed by atoms with E-state index >= 15 is 0 Å². The van der Waals surface area contributed by atoms with Crippen molar-refractivity contribution < 1.29 is 4.79 Å². The van der Waals surface area contributed by atoms with Crippen LogP contribution in [0.4, 0.5) is 5.82 Å². The lowest BCUT2D eigenvalue weighted by molar-refractivity contribution is -0.128. The summed E-state index contributed by atoms with van der Waals surface area (Å²) in [5, 5.41) is 11.2. The number of rotatable bonds is 3. The molecule has 1 aromatic rings. The van der Waals surface area contributed by atoms with Crippen molar-refractivity contribution in [2.45, 2.75) is 52.9 Å². The molecule has 2 fully saturated rings. The van der Waals surface area contributed by atoms with Gasteiger partial charge < -0.3 is 10.6 Å². The molecule has 0 radical (unpaired) electrons. The highest BCUT2D eigenvalue weighted by Gasteiger charge is 2.49. The first-order valence-corrected chi connectivity index (χ1v) is 8.85. The average Bonchev–Trinajstić information content (AvgIpc) is 3.02. The quantitative estimate of drug-likeness (QED) is 0.901. The number of nitrogens with zero attached hydrogens (tertiary/aromatic N) is 2. The van der Waals surface area contributed by atoms with Crippen molar-refractivity contribution in [2.24, 2.45) is 23.8 Å². The minimum absolute atomic E-state index is 0.178. The van der Waals surface area contributed by atoms with Gasteiger partial charge >= 0.3 is 0 Å². The van der Waals surface area contributed by atoms with Crippen LogP contribution >= 0.6 is 0 Å². The third-order valence-electron chi connectivity index (χ3n) is 5.37. The molecule has 0 aromatic carbocycles. The summed E-state index contributed by atoms with van der Waals surface area (Å²) in [6.07, 6.45) is 5.49. The van der Waals surface area contributed by atoms with E-state index in [1.807, 2.05) is 13.1 Å². The highest BCUT2D eigenvalue weighted by atomic mass is 16.2. The minimum atomic E-state index is -0.216. The summed E-state index contributed by atoms with van der Waals surface area (Å²) in [6.45, 7) is 8.41. The molecule has 2 N–H and O–H groups in total. The van der Waals surface area contributed by atoms with E-state index in [4.69, 9.17) is 0 Å². The van der Waals surface area contributed by atoms with Crippen molar-refractivity contribution in [3.8, 4) is 0 Å². The summed E-state index contributed by atoms with van der Waals surface area (Å²) in [7, 11) is 1.91. The maximum Gasteiger partial charge on any atom is 0.233 e. The van der Waals surface area contributed by atoms with Gasteiger partial charge in [0.05, 0.1) is 11.1 Å². The van der Waals surface area contributed by atoms with E-state index in [0.717, 1.165) is 43.9 Å². The Hall–Kier alpha value is -1.36. The Balaban J connectivity index is 1.75. The lowest BCUT2D eigenvalue weighted by Crippen LogP contribution is -2.44. The lowest BCUT2D eigenvalue weighted by atomic mass is 9.67. The van der Waals surface area contributed by atoms with Crippen LogP contribution in [-0.2, 0) is 18.3 Å². The molecular formula is C18H30N4O. The number of aromatic nitrogens is 2. The molecule has 23 heavy (non-hydrogen) atoms. The molecule has 1 saturated heterocycles. The van der Waals surface area contributed by atoms with Gasteiger partial charge in [-0.15, -0.1) is 0 Å². The zero-order valence-electron chi connectivity index (χ0n) is 14.9. The Morgan fingerprint density at radius 1 is 1.48 bits per heavy atom. The Bertz CT molecular complexity index is 586. The number of hydrogen-bond acceptors (Lipinski definition) is 3. The molecule has 5 nitrogen and oxygen atoms in total. The fourth-order valence-corrected chi connectivity index (χ4v) is 4.20. The maximum absolute atomic E-state index is 13.0. The molecule has 0 unspecified atom stereocenters. The average molecular weight is 318 g/mol. The minimum Gasteiger partial charge on any atom is -0.315 e. The van der Waals surface area contributed by atoms with E-state index in [0.29, 0.717) is 5.92 Å². The number of anilines is 1. The smallest absolute Gasteiger partial charge is 0.233 e. The molecule has 1 aliphatic heterocycles. The van der Waals surface area contributed by atoms with Gasteiger partial charge in [0.1, 0.15) is 5.82 Å². The van der Waals surface area contributed by atoms with Crippen molar-refractivity contribution in [2.75, 3.05) is 18.4 Å². The van der Waals surface area contributed by atoms with Crippen LogP contribution in [0, 0.1) is 16.7 Å². The molecule has 1 aliphatic carbocycles. The molecule has 128 valence electrons. The summed E-state index contributed by atoms with van der Waals surface area (Å²) < 4.78 is 1.80. The molecule has 1 saturated carbocycles. The molecule has 2 aliphatic rings. The number of fused-ring (bicyclic) bond motifs is 1. The lowest BCUT2D eigenvalue weighted by Gasteiger charge is -2.37. The number of hydrogen-bond donors (Lipinski definition) is 2. The fourth-order valence-electron chi connectivity index (χ4n) is 4.20. The van der Waals surface area contributed by atoms with E-state index in [-0.39, 0.29) is 16.7 Å². The van der Waals surface area contributed by atoms with Gasteiger partial charge in [0.15, 0.2) is 0 Å². The van der Waals surface area contributed by atoms with Crippen LogP contribution in [0.25, 0.3) is 0 Å². The summed E-state index contributed by atoms with van der Waals surface area (Å²) in [4.78, 5) is 13.0. The first kappa shape index (κ1) is 16.5. The largest absolute Gasteiger partial charge is 0.315 e. The van der Waals surface area contributed by atoms with Crippen molar-refractivity contribution >= 4 is 11.7 Å². The van der Waals surface area contributed by atoms with Gasteiger partial charge in [-0.05, 0) is 37.1 Å². The van der Waals surface area contributed by atoms with E-state index in [1.165, 1.54) is 12.8 Å². The summed E-state index contributed by atoms with van der Waals surface area (Å²) in [5.41, 5.74) is 1.02. The number of nitrogens with one attached hydrogen (secondary N) is 2. The molecular weight excluding hydrogens is 288 g/mol. The molecule has 3 rings (SSSR count). The van der Waals surface area contributed by atoms with E-state index in [9.17, 15) is 4.79 Å². The van der Waals surface area contributed by atoms with Crippen molar-refractivity contribution in [3.63, 3.8) is 0 Å². The van der Waals surface area contributed by atoms with Gasteiger partial charge in [0.2, 0.25) is 5.91 Å². The predicted molar refractivity (Wildman–Crippen MR) is 92.3 cm³/mol. The summed E-state index contributed by atoms with van der Waals surface area (Å²) in [5.74, 6) is 1.48. The molecule has 2 atom stereocenters. The molecule has 5 heteroatoms. The maximum atomic E-state index is 13.0. The second-order valence-corrected chi connectivity index (χ2v) is 8.57. The van der Waals surface area contributed by atoms with Crippen LogP contribution < -0.4 is 10.6 Å². The molecule has 0 bridgehead atoms. The predicted octanol–water partition coefficient (Wildman–Crippen LogP) is 2.73. The number of carbonyl (C=O) groups is 1. The Morgan fingerprint density at radius 2 is 2.26 bits per heavy atom. The van der Waals surface area contributed by atoms with Gasteiger partial charge in [-0.3, -0.25) is 9.48 Å². The van der Waals surface area contributed by atoms with Crippen LogP contribution in [0.5, 0.6) is 0 Å². The highest BCUT2D eigenvalue weighted by Crippen LogP contribution is 2.44. The van der Waals surface area contributed by atoms with Crippen molar-refractivity contribution in [3.05, 3.63) is 11.8 Å². The van der Waals surface area contributed by atoms with E-state index in [1.54, 1.807) is 4.68 Å². The SMILES string of the molecule is Cn1nc(CC(C)(C)C)cc1NC(=O)[C@@]12CCCC[C@H]1CNC2. The topological polar surface area (TPSA) is 59.0 Å². The Morgan fingerprint density at radius 3 is 3.00 bits per heavy atom. The normalized spacial score (nSPS) is 27.7. The van der Waals surface area contributed by atoms with Gasteiger partial charge in [-0.25, -0.2) is 0 Å². The third-order valence-corrected chi connectivity index (χ3v) is 5.37. The Kier molecular flexibility index (Phi) is 4.25. The highest BCUT2D eigenvalue weighted by molar-refractivity contribution is 5.95. The zero-order valence-corrected chi connectivity index (χ0v) is 14.9. The molecule has 1 aromatic heterocycles. The van der Waals surface area contributed by atoms with Gasteiger partial charge in [0, 0.05) is 19.7 Å². The first-order valence-electron chi connectivity index (χ1n) is 8.85. The van der Waals surface area contributed by atoms with Gasteiger partial charge in [0.25, 0.3) is 0 Å². The van der Waals surface area contributed by atoms with Crippen LogP contribution in [0.15, 0.2) is 6.07 Å². The van der Waals surface area contributed by atoms with E-state index < -0.39 is 0 Å². The third kappa shape index (κ3) is 3.30. The van der Waals surface area contributed by atoms with Gasteiger partial charge in [-0.2, -0.15) is 5.10 Å². The first-order chi connectivity index (χ1) is 10.8. The van der Waals surface area contributed by atoms with Crippen LogP contribution in [0.3, 0.4) is 0 Å². The standard InChI is InChI=1S/C18H30N4O/c1-17(2,3)10-14-9-15(22(4)21-14)20-16(23)18-8-6-5-7-13(18)11-19-12-18/h9,13,19H,5-8,10-12H2,1-4H3,(H,20,23)/t13-,18+/m0/s1. The van der Waals surface area contributed by atoms with Crippen molar-refractivity contribution in [1.29, 1.82) is 0 Å². The number of carbonyl (C=O) groups excluding carboxylic acids is 1. The summed E-state index contributed by atoms with van der Waals surface area (Å²) >= 11 is 0. The number of aryl methyl sites for hydroxylation is 1. The molecule has 2 heterocycles.